The van der Waals surface area contributed by atoms with Crippen molar-refractivity contribution in [3.05, 3.63) is 35.1 Å². The molecule has 1 aromatic carbocycles. The summed E-state index contributed by atoms with van der Waals surface area (Å²) in [6.07, 6.45) is 2.60. The Balaban J connectivity index is 2.17. The number of nitrogens with one attached hydrogen (secondary N) is 1. The van der Waals surface area contributed by atoms with E-state index in [1.807, 2.05) is 6.92 Å². The summed E-state index contributed by atoms with van der Waals surface area (Å²) in [5, 5.41) is 11.6. The predicted octanol–water partition coefficient (Wildman–Crippen LogP) is 2.09. The fourth-order valence-electron chi connectivity index (χ4n) is 2.03. The van der Waals surface area contributed by atoms with Gasteiger partial charge in [-0.25, -0.2) is 4.39 Å². The first-order chi connectivity index (χ1) is 9.61. The highest BCUT2D eigenvalue weighted by molar-refractivity contribution is 5.97. The number of aliphatic hydroxyl groups excluding tert-OH is 1. The molecule has 1 aliphatic carbocycles. The summed E-state index contributed by atoms with van der Waals surface area (Å²) in [7, 11) is 0. The molecule has 0 heterocycles. The Bertz CT molecular complexity index is 555. The summed E-state index contributed by atoms with van der Waals surface area (Å²) in [5.74, 6) is 5.34. The van der Waals surface area contributed by atoms with Gasteiger partial charge in [-0.15, -0.1) is 0 Å². The van der Waals surface area contributed by atoms with Crippen LogP contribution in [0.1, 0.15) is 42.1 Å². The van der Waals surface area contributed by atoms with Crippen molar-refractivity contribution in [1.29, 1.82) is 0 Å². The van der Waals surface area contributed by atoms with Gasteiger partial charge in [0, 0.05) is 18.0 Å². The van der Waals surface area contributed by atoms with Gasteiger partial charge in [0.15, 0.2) is 0 Å². The van der Waals surface area contributed by atoms with Crippen LogP contribution >= 0.6 is 0 Å². The molecule has 106 valence electrons. The number of benzene rings is 1. The number of carbonyl (C=O) groups is 1. The molecule has 20 heavy (non-hydrogen) atoms. The second-order valence-electron chi connectivity index (χ2n) is 5.06. The Morgan fingerprint density at radius 2 is 2.30 bits per heavy atom. The minimum absolute atomic E-state index is 0.0333. The molecule has 0 aromatic heterocycles. The number of aliphatic hydroxyl groups is 1. The SMILES string of the molecule is CC(NC(=O)c1cc(F)ccc1C#CCCO)C1CC1. The maximum absolute atomic E-state index is 13.3. The van der Waals surface area contributed by atoms with E-state index in [1.165, 1.54) is 18.2 Å². The van der Waals surface area contributed by atoms with E-state index in [1.54, 1.807) is 0 Å². The first kappa shape index (κ1) is 14.5. The van der Waals surface area contributed by atoms with E-state index < -0.39 is 5.82 Å². The number of rotatable bonds is 4. The lowest BCUT2D eigenvalue weighted by atomic mass is 10.1. The molecule has 0 bridgehead atoms. The van der Waals surface area contributed by atoms with Crippen LogP contribution in [0.3, 0.4) is 0 Å². The number of hydrogen-bond donors (Lipinski definition) is 2. The van der Waals surface area contributed by atoms with E-state index in [4.69, 9.17) is 5.11 Å². The van der Waals surface area contributed by atoms with E-state index in [-0.39, 0.29) is 24.1 Å². The van der Waals surface area contributed by atoms with E-state index >= 15 is 0 Å². The van der Waals surface area contributed by atoms with Crippen LogP contribution in [0, 0.1) is 23.6 Å². The van der Waals surface area contributed by atoms with E-state index in [0.29, 0.717) is 17.9 Å². The second kappa shape index (κ2) is 6.53. The van der Waals surface area contributed by atoms with Gasteiger partial charge in [0.25, 0.3) is 5.91 Å². The molecule has 1 saturated carbocycles. The molecule has 1 fully saturated rings. The average Bonchev–Trinajstić information content (AvgIpc) is 3.25. The summed E-state index contributed by atoms with van der Waals surface area (Å²) in [6.45, 7) is 1.93. The van der Waals surface area contributed by atoms with Crippen molar-refractivity contribution >= 4 is 5.91 Å². The zero-order chi connectivity index (χ0) is 14.5. The summed E-state index contributed by atoms with van der Waals surface area (Å²) >= 11 is 0. The van der Waals surface area contributed by atoms with Gasteiger partial charge in [0.1, 0.15) is 5.82 Å². The zero-order valence-electron chi connectivity index (χ0n) is 11.4. The van der Waals surface area contributed by atoms with Gasteiger partial charge < -0.3 is 10.4 Å². The minimum Gasteiger partial charge on any atom is -0.395 e. The van der Waals surface area contributed by atoms with Crippen molar-refractivity contribution in [2.45, 2.75) is 32.2 Å². The Labute approximate surface area is 118 Å². The third-order valence-electron chi connectivity index (χ3n) is 3.37. The van der Waals surface area contributed by atoms with Crippen molar-refractivity contribution in [2.24, 2.45) is 5.92 Å². The van der Waals surface area contributed by atoms with Crippen LogP contribution in [0.2, 0.25) is 0 Å². The van der Waals surface area contributed by atoms with Gasteiger partial charge in [-0.2, -0.15) is 0 Å². The Morgan fingerprint density at radius 1 is 1.55 bits per heavy atom. The molecule has 0 saturated heterocycles. The predicted molar refractivity (Wildman–Crippen MR) is 74.6 cm³/mol. The van der Waals surface area contributed by atoms with Gasteiger partial charge in [-0.05, 0) is 43.9 Å². The first-order valence-electron chi connectivity index (χ1n) is 6.82. The molecule has 2 rings (SSSR count). The molecule has 2 N–H and O–H groups in total. The summed E-state index contributed by atoms with van der Waals surface area (Å²) in [4.78, 5) is 12.2. The van der Waals surface area contributed by atoms with E-state index in [0.717, 1.165) is 12.8 Å². The second-order valence-corrected chi connectivity index (χ2v) is 5.06. The minimum atomic E-state index is -0.457. The molecule has 1 amide bonds. The lowest BCUT2D eigenvalue weighted by Crippen LogP contribution is -2.34. The monoisotopic (exact) mass is 275 g/mol. The lowest BCUT2D eigenvalue weighted by Gasteiger charge is -2.13. The molecular formula is C16H18FNO2. The van der Waals surface area contributed by atoms with E-state index in [9.17, 15) is 9.18 Å². The molecule has 1 aliphatic rings. The maximum atomic E-state index is 13.3. The molecule has 3 nitrogen and oxygen atoms in total. The van der Waals surface area contributed by atoms with Crippen LogP contribution in [-0.4, -0.2) is 23.7 Å². The number of amides is 1. The Hall–Kier alpha value is -1.86. The van der Waals surface area contributed by atoms with Crippen LogP contribution in [0.25, 0.3) is 0 Å². The van der Waals surface area contributed by atoms with Gasteiger partial charge in [0.2, 0.25) is 0 Å². The van der Waals surface area contributed by atoms with Crippen LogP contribution in [0.5, 0.6) is 0 Å². The van der Waals surface area contributed by atoms with Crippen molar-refractivity contribution in [3.63, 3.8) is 0 Å². The maximum Gasteiger partial charge on any atom is 0.252 e. The summed E-state index contributed by atoms with van der Waals surface area (Å²) in [5.41, 5.74) is 0.739. The first-order valence-corrected chi connectivity index (χ1v) is 6.82. The van der Waals surface area contributed by atoms with Crippen molar-refractivity contribution in [2.75, 3.05) is 6.61 Å². The number of halogens is 1. The largest absolute Gasteiger partial charge is 0.395 e. The highest BCUT2D eigenvalue weighted by Crippen LogP contribution is 2.32. The molecule has 1 atom stereocenters. The third-order valence-corrected chi connectivity index (χ3v) is 3.37. The zero-order valence-corrected chi connectivity index (χ0v) is 11.4. The van der Waals surface area contributed by atoms with Crippen molar-refractivity contribution < 1.29 is 14.3 Å². The third kappa shape index (κ3) is 3.82. The lowest BCUT2D eigenvalue weighted by molar-refractivity contribution is 0.0935. The molecule has 0 spiro atoms. The van der Waals surface area contributed by atoms with Gasteiger partial charge >= 0.3 is 0 Å². The fourth-order valence-corrected chi connectivity index (χ4v) is 2.03. The summed E-state index contributed by atoms with van der Waals surface area (Å²) in [6, 6.07) is 4.09. The molecule has 0 radical (unpaired) electrons. The van der Waals surface area contributed by atoms with Crippen LogP contribution in [0.4, 0.5) is 4.39 Å². The van der Waals surface area contributed by atoms with Crippen LogP contribution in [-0.2, 0) is 0 Å². The van der Waals surface area contributed by atoms with Crippen molar-refractivity contribution in [3.8, 4) is 11.8 Å². The smallest absolute Gasteiger partial charge is 0.252 e. The van der Waals surface area contributed by atoms with Crippen LogP contribution < -0.4 is 5.32 Å². The fraction of sp³-hybridized carbons (Fsp3) is 0.438. The normalized spacial score (nSPS) is 15.2. The Kier molecular flexibility index (Phi) is 4.75. The van der Waals surface area contributed by atoms with Gasteiger partial charge in [-0.1, -0.05) is 11.8 Å². The van der Waals surface area contributed by atoms with Gasteiger partial charge in [0.05, 0.1) is 12.2 Å². The standard InChI is InChI=1S/C16H18FNO2/c1-11(12-5-6-12)18-16(20)15-10-14(17)8-7-13(15)4-2-3-9-19/h7-8,10-12,19H,3,5-6,9H2,1H3,(H,18,20). The number of hydrogen-bond acceptors (Lipinski definition) is 2. The Morgan fingerprint density at radius 3 is 2.95 bits per heavy atom. The molecular weight excluding hydrogens is 257 g/mol. The highest BCUT2D eigenvalue weighted by atomic mass is 19.1. The average molecular weight is 275 g/mol. The quantitative estimate of drug-likeness (QED) is 0.827. The van der Waals surface area contributed by atoms with Crippen LogP contribution in [0.15, 0.2) is 18.2 Å². The molecule has 4 heteroatoms. The highest BCUT2D eigenvalue weighted by Gasteiger charge is 2.29. The molecule has 1 unspecified atom stereocenters. The van der Waals surface area contributed by atoms with Crippen molar-refractivity contribution in [1.82, 2.24) is 5.32 Å². The van der Waals surface area contributed by atoms with Gasteiger partial charge in [-0.3, -0.25) is 4.79 Å². The molecule has 0 aliphatic heterocycles. The molecule has 1 aromatic rings. The van der Waals surface area contributed by atoms with E-state index in [2.05, 4.69) is 17.2 Å². The topological polar surface area (TPSA) is 49.3 Å². The number of carbonyl (C=O) groups excluding carboxylic acids is 1. The summed E-state index contributed by atoms with van der Waals surface area (Å²) < 4.78 is 13.3.